The highest BCUT2D eigenvalue weighted by Crippen LogP contribution is 2.36. The first-order valence-electron chi connectivity index (χ1n) is 10.8. The summed E-state index contributed by atoms with van der Waals surface area (Å²) >= 11 is 0. The smallest absolute Gasteiger partial charge is 0.416 e. The first-order valence-corrected chi connectivity index (χ1v) is 12.3. The maximum atomic E-state index is 14.1. The highest BCUT2D eigenvalue weighted by atomic mass is 32.2. The van der Waals surface area contributed by atoms with Gasteiger partial charge in [-0.05, 0) is 53.6 Å². The Morgan fingerprint density at radius 2 is 1.68 bits per heavy atom. The number of sulfonamides is 1. The van der Waals surface area contributed by atoms with E-state index in [0.717, 1.165) is 36.4 Å². The molecule has 0 saturated carbocycles. The second-order valence-electron chi connectivity index (χ2n) is 8.02. The number of ether oxygens (including phenoxy) is 2. The van der Waals surface area contributed by atoms with Crippen molar-refractivity contribution >= 4 is 21.4 Å². The van der Waals surface area contributed by atoms with Crippen LogP contribution >= 0.6 is 0 Å². The van der Waals surface area contributed by atoms with Crippen molar-refractivity contribution in [1.29, 1.82) is 0 Å². The van der Waals surface area contributed by atoms with Gasteiger partial charge < -0.3 is 14.4 Å². The zero-order valence-corrected chi connectivity index (χ0v) is 19.8. The van der Waals surface area contributed by atoms with E-state index in [9.17, 15) is 34.8 Å². The monoisotopic (exact) mass is 546 g/mol. The second-order valence-corrected chi connectivity index (χ2v) is 9.70. The summed E-state index contributed by atoms with van der Waals surface area (Å²) in [5.74, 6) is -1.30. The molecule has 0 amide bonds. The molecule has 198 valence electrons. The Balaban J connectivity index is 1.77. The average Bonchev–Trinajstić information content (AvgIpc) is 2.83. The Morgan fingerprint density at radius 1 is 0.946 bits per heavy atom. The number of alkyl halides is 5. The molecule has 0 spiro atoms. The summed E-state index contributed by atoms with van der Waals surface area (Å²) in [4.78, 5) is 1.20. The first-order chi connectivity index (χ1) is 17.4. The Labute approximate surface area is 208 Å². The maximum absolute atomic E-state index is 14.1. The lowest BCUT2D eigenvalue weighted by atomic mass is 10.0. The molecule has 3 aromatic carbocycles. The van der Waals surface area contributed by atoms with Crippen molar-refractivity contribution < 1.29 is 44.2 Å². The molecule has 37 heavy (non-hydrogen) atoms. The van der Waals surface area contributed by atoms with Gasteiger partial charge in [0.05, 0.1) is 35.0 Å². The fourth-order valence-corrected chi connectivity index (χ4v) is 4.93. The highest BCUT2D eigenvalue weighted by Gasteiger charge is 2.32. The number of hydrogen-bond acceptors (Lipinski definition) is 5. The van der Waals surface area contributed by atoms with Crippen LogP contribution < -0.4 is 14.4 Å². The lowest BCUT2D eigenvalue weighted by Crippen LogP contribution is -2.36. The second kappa shape index (κ2) is 10.5. The predicted molar refractivity (Wildman–Crippen MR) is 124 cm³/mol. The molecule has 0 bridgehead atoms. The van der Waals surface area contributed by atoms with Crippen LogP contribution in [0.3, 0.4) is 0 Å². The first kappa shape index (κ1) is 26.6. The topological polar surface area (TPSA) is 67.9 Å². The summed E-state index contributed by atoms with van der Waals surface area (Å²) in [5, 5.41) is 0. The third kappa shape index (κ3) is 6.46. The highest BCUT2D eigenvalue weighted by molar-refractivity contribution is 7.92. The molecule has 1 heterocycles. The van der Waals surface area contributed by atoms with Gasteiger partial charge in [0.2, 0.25) is 0 Å². The Bertz CT molecular complexity index is 1380. The van der Waals surface area contributed by atoms with Crippen LogP contribution in [0.2, 0.25) is 0 Å². The van der Waals surface area contributed by atoms with E-state index in [2.05, 4.69) is 9.46 Å². The number of anilines is 2. The van der Waals surface area contributed by atoms with Crippen LogP contribution in [0.15, 0.2) is 65.6 Å². The summed E-state index contributed by atoms with van der Waals surface area (Å²) in [7, 11) is -4.49. The molecule has 1 aliphatic rings. The molecule has 6 nitrogen and oxygen atoms in total. The molecule has 1 N–H and O–H groups in total. The lowest BCUT2D eigenvalue weighted by Gasteiger charge is -2.31. The minimum absolute atomic E-state index is 0.00241. The fraction of sp³-hybridized carbons (Fsp3) is 0.250. The quantitative estimate of drug-likeness (QED) is 0.383. The van der Waals surface area contributed by atoms with Gasteiger partial charge in [-0.1, -0.05) is 12.1 Å². The van der Waals surface area contributed by atoms with Gasteiger partial charge in [0.15, 0.2) is 0 Å². The number of rotatable bonds is 7. The molecule has 0 unspecified atom stereocenters. The van der Waals surface area contributed by atoms with Gasteiger partial charge in [-0.25, -0.2) is 12.8 Å². The molecule has 3 aromatic rings. The van der Waals surface area contributed by atoms with E-state index in [1.807, 2.05) is 4.90 Å². The normalized spacial score (nSPS) is 14.6. The molecule has 4 rings (SSSR count). The van der Waals surface area contributed by atoms with E-state index < -0.39 is 44.8 Å². The van der Waals surface area contributed by atoms with Crippen molar-refractivity contribution in [2.24, 2.45) is 0 Å². The van der Waals surface area contributed by atoms with Crippen LogP contribution in [0, 0.1) is 5.82 Å². The third-order valence-electron chi connectivity index (χ3n) is 5.49. The average molecular weight is 546 g/mol. The van der Waals surface area contributed by atoms with Gasteiger partial charge in [-0.3, -0.25) is 4.72 Å². The van der Waals surface area contributed by atoms with Crippen molar-refractivity contribution in [2.75, 3.05) is 35.9 Å². The van der Waals surface area contributed by atoms with Gasteiger partial charge in [0.25, 0.3) is 10.0 Å². The minimum atomic E-state index is -4.75. The van der Waals surface area contributed by atoms with E-state index in [-0.39, 0.29) is 16.8 Å². The molecule has 1 aliphatic heterocycles. The van der Waals surface area contributed by atoms with Crippen LogP contribution in [0.25, 0.3) is 11.1 Å². The van der Waals surface area contributed by atoms with E-state index in [4.69, 9.17) is 4.74 Å². The number of halogens is 6. The summed E-state index contributed by atoms with van der Waals surface area (Å²) in [6, 6.07) is 10.7. The van der Waals surface area contributed by atoms with Crippen LogP contribution in [0.4, 0.5) is 37.7 Å². The molecule has 1 saturated heterocycles. The molecule has 0 radical (unpaired) electrons. The van der Waals surface area contributed by atoms with Gasteiger partial charge in [-0.15, -0.1) is 0 Å². The molecule has 0 atom stereocenters. The summed E-state index contributed by atoms with van der Waals surface area (Å²) in [5.41, 5.74) is -0.370. The van der Waals surface area contributed by atoms with Gasteiger partial charge in [0.1, 0.15) is 11.6 Å². The van der Waals surface area contributed by atoms with Crippen molar-refractivity contribution in [3.05, 3.63) is 72.0 Å². The lowest BCUT2D eigenvalue weighted by molar-refractivity contribution is -0.137. The molecule has 0 aliphatic carbocycles. The molecule has 1 fully saturated rings. The van der Waals surface area contributed by atoms with E-state index >= 15 is 0 Å². The largest absolute Gasteiger partial charge is 0.435 e. The van der Waals surface area contributed by atoms with Gasteiger partial charge >= 0.3 is 12.8 Å². The zero-order chi connectivity index (χ0) is 26.8. The van der Waals surface area contributed by atoms with Crippen molar-refractivity contribution in [1.82, 2.24) is 0 Å². The fourth-order valence-electron chi connectivity index (χ4n) is 3.82. The van der Waals surface area contributed by atoms with E-state index in [1.54, 1.807) is 6.07 Å². The summed E-state index contributed by atoms with van der Waals surface area (Å²) < 4.78 is 117. The van der Waals surface area contributed by atoms with Crippen molar-refractivity contribution in [2.45, 2.75) is 17.7 Å². The van der Waals surface area contributed by atoms with Crippen LogP contribution in [0.1, 0.15) is 5.56 Å². The molecular formula is C24H20F6N2O4S. The Kier molecular flexibility index (Phi) is 7.55. The Morgan fingerprint density at radius 3 is 2.35 bits per heavy atom. The standard InChI is InChI=1S/C24H20F6N2O4S/c25-18-10-16(11-19(14-18)36-23(26)27)15-4-5-22(32-6-8-35-9-7-32)21(12-15)31-37(33,34)20-3-1-2-17(13-20)24(28,29)30/h1-5,10-14,23,31H,6-9H2. The van der Waals surface area contributed by atoms with Crippen molar-refractivity contribution in [3.8, 4) is 16.9 Å². The SMILES string of the molecule is O=S(=O)(Nc1cc(-c2cc(F)cc(OC(F)F)c2)ccc1N1CCOCC1)c1cccc(C(F)(F)F)c1. The van der Waals surface area contributed by atoms with E-state index in [1.165, 1.54) is 12.1 Å². The summed E-state index contributed by atoms with van der Waals surface area (Å²) in [6.07, 6.45) is -4.75. The molecule has 0 aromatic heterocycles. The number of nitrogens with zero attached hydrogens (tertiary/aromatic N) is 1. The molecular weight excluding hydrogens is 526 g/mol. The predicted octanol–water partition coefficient (Wildman–Crippen LogP) is 5.75. The molecule has 13 heteroatoms. The Hall–Kier alpha value is -3.45. The number of morpholine rings is 1. The van der Waals surface area contributed by atoms with Crippen molar-refractivity contribution in [3.63, 3.8) is 0 Å². The number of benzene rings is 3. The van der Waals surface area contributed by atoms with Crippen LogP contribution in [-0.2, 0) is 20.9 Å². The van der Waals surface area contributed by atoms with Crippen LogP contribution in [0.5, 0.6) is 5.75 Å². The van der Waals surface area contributed by atoms with Crippen LogP contribution in [-0.4, -0.2) is 41.3 Å². The zero-order valence-electron chi connectivity index (χ0n) is 18.9. The number of nitrogens with one attached hydrogen (secondary N) is 1. The van der Waals surface area contributed by atoms with Gasteiger partial charge in [-0.2, -0.15) is 22.0 Å². The summed E-state index contributed by atoms with van der Waals surface area (Å²) in [6.45, 7) is -1.65. The van der Waals surface area contributed by atoms with E-state index in [0.29, 0.717) is 38.1 Å². The number of hydrogen-bond donors (Lipinski definition) is 1. The van der Waals surface area contributed by atoms with Gasteiger partial charge in [0, 0.05) is 19.2 Å². The maximum Gasteiger partial charge on any atom is 0.416 e. The minimum Gasteiger partial charge on any atom is -0.435 e. The third-order valence-corrected chi connectivity index (χ3v) is 6.86.